The summed E-state index contributed by atoms with van der Waals surface area (Å²) in [7, 11) is 0. The second-order valence-electron chi connectivity index (χ2n) is 4.01. The SMILES string of the molecule is CCC(N)C1(CCO)CCCOC1. The van der Waals surface area contributed by atoms with Gasteiger partial charge in [0.25, 0.3) is 0 Å². The molecule has 0 aromatic carbocycles. The molecule has 3 nitrogen and oxygen atoms in total. The Morgan fingerprint density at radius 1 is 1.62 bits per heavy atom. The van der Waals surface area contributed by atoms with Gasteiger partial charge >= 0.3 is 0 Å². The molecule has 3 N–H and O–H groups in total. The Morgan fingerprint density at radius 3 is 2.85 bits per heavy atom. The van der Waals surface area contributed by atoms with Gasteiger partial charge in [-0.25, -0.2) is 0 Å². The van der Waals surface area contributed by atoms with Crippen LogP contribution in [0.5, 0.6) is 0 Å². The molecule has 0 amide bonds. The number of hydrogen-bond acceptors (Lipinski definition) is 3. The second-order valence-corrected chi connectivity index (χ2v) is 4.01. The minimum absolute atomic E-state index is 0.0434. The predicted molar refractivity (Wildman–Crippen MR) is 52.5 cm³/mol. The zero-order valence-corrected chi connectivity index (χ0v) is 8.46. The topological polar surface area (TPSA) is 55.5 Å². The van der Waals surface area contributed by atoms with Crippen molar-refractivity contribution in [3.8, 4) is 0 Å². The molecule has 0 radical (unpaired) electrons. The normalized spacial score (nSPS) is 31.6. The molecular formula is C10H21NO2. The number of nitrogens with two attached hydrogens (primary N) is 1. The number of rotatable bonds is 4. The molecule has 1 aliphatic heterocycles. The molecule has 0 aromatic heterocycles. The van der Waals surface area contributed by atoms with Crippen molar-refractivity contribution < 1.29 is 9.84 Å². The van der Waals surface area contributed by atoms with Crippen LogP contribution in [0.1, 0.15) is 32.6 Å². The van der Waals surface area contributed by atoms with Crippen molar-refractivity contribution in [2.24, 2.45) is 11.1 Å². The zero-order valence-electron chi connectivity index (χ0n) is 8.46. The average molecular weight is 187 g/mol. The van der Waals surface area contributed by atoms with Gasteiger partial charge in [-0.3, -0.25) is 0 Å². The molecule has 1 rings (SSSR count). The van der Waals surface area contributed by atoms with Crippen LogP contribution < -0.4 is 5.73 Å². The summed E-state index contributed by atoms with van der Waals surface area (Å²) >= 11 is 0. The van der Waals surface area contributed by atoms with E-state index in [1.54, 1.807) is 0 Å². The lowest BCUT2D eigenvalue weighted by atomic mass is 9.73. The smallest absolute Gasteiger partial charge is 0.0538 e. The molecule has 0 aromatic rings. The highest BCUT2D eigenvalue weighted by atomic mass is 16.5. The molecule has 0 aliphatic carbocycles. The Hall–Kier alpha value is -0.120. The van der Waals surface area contributed by atoms with Crippen molar-refractivity contribution in [2.45, 2.75) is 38.6 Å². The summed E-state index contributed by atoms with van der Waals surface area (Å²) in [6, 6.07) is 0.167. The quantitative estimate of drug-likeness (QED) is 0.687. The maximum atomic E-state index is 9.02. The molecule has 1 saturated heterocycles. The fraction of sp³-hybridized carbons (Fsp3) is 1.00. The van der Waals surface area contributed by atoms with Crippen molar-refractivity contribution in [1.82, 2.24) is 0 Å². The molecule has 0 spiro atoms. The molecule has 13 heavy (non-hydrogen) atoms. The van der Waals surface area contributed by atoms with Gasteiger partial charge in [0.05, 0.1) is 6.61 Å². The van der Waals surface area contributed by atoms with E-state index in [0.717, 1.165) is 38.9 Å². The van der Waals surface area contributed by atoms with E-state index in [1.807, 2.05) is 0 Å². The van der Waals surface area contributed by atoms with Gasteiger partial charge in [-0.1, -0.05) is 6.92 Å². The van der Waals surface area contributed by atoms with Gasteiger partial charge in [-0.15, -0.1) is 0 Å². The first kappa shape index (κ1) is 11.0. The first-order valence-electron chi connectivity index (χ1n) is 5.19. The molecular weight excluding hydrogens is 166 g/mol. The van der Waals surface area contributed by atoms with Gasteiger partial charge in [-0.05, 0) is 25.7 Å². The van der Waals surface area contributed by atoms with Crippen LogP contribution in [-0.2, 0) is 4.74 Å². The van der Waals surface area contributed by atoms with Crippen LogP contribution >= 0.6 is 0 Å². The Kier molecular flexibility index (Phi) is 4.16. The van der Waals surface area contributed by atoms with Gasteiger partial charge in [0.15, 0.2) is 0 Å². The first-order valence-corrected chi connectivity index (χ1v) is 5.19. The molecule has 2 atom stereocenters. The number of aliphatic hydroxyl groups is 1. The van der Waals surface area contributed by atoms with E-state index >= 15 is 0 Å². The molecule has 0 bridgehead atoms. The van der Waals surface area contributed by atoms with E-state index in [9.17, 15) is 0 Å². The summed E-state index contributed by atoms with van der Waals surface area (Å²) < 4.78 is 5.47. The van der Waals surface area contributed by atoms with E-state index in [1.165, 1.54) is 0 Å². The highest BCUT2D eigenvalue weighted by Crippen LogP contribution is 2.35. The van der Waals surface area contributed by atoms with Crippen LogP contribution in [0.2, 0.25) is 0 Å². The number of ether oxygens (including phenoxy) is 1. The third kappa shape index (κ3) is 2.42. The Labute approximate surface area is 80.3 Å². The van der Waals surface area contributed by atoms with Crippen LogP contribution in [0, 0.1) is 5.41 Å². The van der Waals surface area contributed by atoms with Crippen molar-refractivity contribution in [1.29, 1.82) is 0 Å². The fourth-order valence-electron chi connectivity index (χ4n) is 2.20. The van der Waals surface area contributed by atoms with Gasteiger partial charge in [0, 0.05) is 24.7 Å². The Bertz CT molecular complexity index is 138. The van der Waals surface area contributed by atoms with Gasteiger partial charge in [-0.2, -0.15) is 0 Å². The van der Waals surface area contributed by atoms with Crippen LogP contribution in [0.3, 0.4) is 0 Å². The van der Waals surface area contributed by atoms with Crippen molar-refractivity contribution in [3.63, 3.8) is 0 Å². The van der Waals surface area contributed by atoms with Crippen LogP contribution in [0.25, 0.3) is 0 Å². The molecule has 1 fully saturated rings. The lowest BCUT2D eigenvalue weighted by Crippen LogP contribution is -2.47. The van der Waals surface area contributed by atoms with E-state index in [4.69, 9.17) is 15.6 Å². The number of aliphatic hydroxyl groups excluding tert-OH is 1. The van der Waals surface area contributed by atoms with Crippen molar-refractivity contribution in [3.05, 3.63) is 0 Å². The lowest BCUT2D eigenvalue weighted by molar-refractivity contribution is -0.0354. The molecule has 0 saturated carbocycles. The summed E-state index contributed by atoms with van der Waals surface area (Å²) in [5.74, 6) is 0. The Morgan fingerprint density at radius 2 is 2.38 bits per heavy atom. The highest BCUT2D eigenvalue weighted by molar-refractivity contribution is 4.90. The average Bonchev–Trinajstić information content (AvgIpc) is 2.18. The number of hydrogen-bond donors (Lipinski definition) is 2. The standard InChI is InChI=1S/C10H21NO2/c1-2-9(11)10(5-6-12)4-3-7-13-8-10/h9,12H,2-8,11H2,1H3. The van der Waals surface area contributed by atoms with Crippen LogP contribution in [0.4, 0.5) is 0 Å². The van der Waals surface area contributed by atoms with Gasteiger partial charge < -0.3 is 15.6 Å². The zero-order chi connectivity index (χ0) is 9.73. The van der Waals surface area contributed by atoms with E-state index in [-0.39, 0.29) is 18.1 Å². The molecule has 3 heteroatoms. The predicted octanol–water partition coefficient (Wildman–Crippen LogP) is 0.903. The molecule has 78 valence electrons. The van der Waals surface area contributed by atoms with E-state index in [0.29, 0.717) is 0 Å². The highest BCUT2D eigenvalue weighted by Gasteiger charge is 2.37. The monoisotopic (exact) mass is 187 g/mol. The lowest BCUT2D eigenvalue weighted by Gasteiger charge is -2.41. The van der Waals surface area contributed by atoms with Crippen LogP contribution in [-0.4, -0.2) is 31.0 Å². The van der Waals surface area contributed by atoms with Crippen LogP contribution in [0.15, 0.2) is 0 Å². The summed E-state index contributed by atoms with van der Waals surface area (Å²) in [6.45, 7) is 3.89. The molecule has 1 heterocycles. The van der Waals surface area contributed by atoms with E-state index in [2.05, 4.69) is 6.92 Å². The summed E-state index contributed by atoms with van der Waals surface area (Å²) in [6.07, 6.45) is 3.92. The van der Waals surface area contributed by atoms with Gasteiger partial charge in [0.1, 0.15) is 0 Å². The summed E-state index contributed by atoms with van der Waals surface area (Å²) in [4.78, 5) is 0. The van der Waals surface area contributed by atoms with Crippen molar-refractivity contribution in [2.75, 3.05) is 19.8 Å². The second kappa shape index (κ2) is 4.94. The van der Waals surface area contributed by atoms with E-state index < -0.39 is 0 Å². The maximum absolute atomic E-state index is 9.02. The minimum atomic E-state index is 0.0434. The summed E-state index contributed by atoms with van der Waals surface area (Å²) in [5.41, 5.74) is 6.12. The fourth-order valence-corrected chi connectivity index (χ4v) is 2.20. The van der Waals surface area contributed by atoms with Gasteiger partial charge in [0.2, 0.25) is 0 Å². The van der Waals surface area contributed by atoms with Crippen molar-refractivity contribution >= 4 is 0 Å². The molecule has 2 unspecified atom stereocenters. The minimum Gasteiger partial charge on any atom is -0.396 e. The Balaban J connectivity index is 2.60. The third-order valence-electron chi connectivity index (χ3n) is 3.19. The maximum Gasteiger partial charge on any atom is 0.0538 e. The molecule has 1 aliphatic rings. The third-order valence-corrected chi connectivity index (χ3v) is 3.19. The largest absolute Gasteiger partial charge is 0.396 e. The summed E-state index contributed by atoms with van der Waals surface area (Å²) in [5, 5.41) is 9.02. The first-order chi connectivity index (χ1) is 6.25.